The average molecular weight is 313 g/mol. The summed E-state index contributed by atoms with van der Waals surface area (Å²) in [5.74, 6) is -0.0460. The predicted molar refractivity (Wildman–Crippen MR) is 82.9 cm³/mol. The lowest BCUT2D eigenvalue weighted by atomic mass is 10.1. The predicted octanol–water partition coefficient (Wildman–Crippen LogP) is 2.08. The van der Waals surface area contributed by atoms with Crippen LogP contribution in [-0.2, 0) is 14.8 Å². The first-order chi connectivity index (χ1) is 9.92. The molecule has 1 aliphatic heterocycles. The van der Waals surface area contributed by atoms with Crippen molar-refractivity contribution >= 4 is 15.7 Å². The first kappa shape index (κ1) is 16.3. The van der Waals surface area contributed by atoms with Crippen LogP contribution < -0.4 is 4.31 Å². The Morgan fingerprint density at radius 1 is 1.38 bits per heavy atom. The first-order valence-corrected chi connectivity index (χ1v) is 8.92. The molecule has 1 aromatic carbocycles. The smallest absolute Gasteiger partial charge is 0.237 e. The van der Waals surface area contributed by atoms with Gasteiger partial charge in [-0.3, -0.25) is 4.31 Å². The molecule has 1 atom stereocenters. The van der Waals surface area contributed by atoms with E-state index in [0.717, 1.165) is 0 Å². The van der Waals surface area contributed by atoms with Crippen LogP contribution in [0.3, 0.4) is 0 Å². The molecule has 21 heavy (non-hydrogen) atoms. The second kappa shape index (κ2) is 6.77. The third kappa shape index (κ3) is 3.96. The molecule has 118 valence electrons. The van der Waals surface area contributed by atoms with Gasteiger partial charge in [0.1, 0.15) is 0 Å². The average Bonchev–Trinajstić information content (AvgIpc) is 2.58. The minimum absolute atomic E-state index is 0.0124. The molecule has 1 unspecified atom stereocenters. The lowest BCUT2D eigenvalue weighted by Gasteiger charge is -2.25. The molecule has 2 rings (SSSR count). The van der Waals surface area contributed by atoms with Gasteiger partial charge in [-0.05, 0) is 32.8 Å². The molecule has 0 aliphatic carbocycles. The Labute approximate surface area is 126 Å². The molecule has 1 N–H and O–H groups in total. The molecular weight excluding hydrogens is 290 g/mol. The van der Waals surface area contributed by atoms with Crippen LogP contribution in [0.2, 0.25) is 0 Å². The van der Waals surface area contributed by atoms with Gasteiger partial charge in [-0.25, -0.2) is 8.42 Å². The van der Waals surface area contributed by atoms with Gasteiger partial charge >= 0.3 is 0 Å². The van der Waals surface area contributed by atoms with Crippen molar-refractivity contribution in [1.82, 2.24) is 0 Å². The Kier molecular flexibility index (Phi) is 5.24. The van der Waals surface area contributed by atoms with Crippen LogP contribution in [-0.4, -0.2) is 38.5 Å². The standard InChI is InChI=1S/C15H23NO4S/c1-12(2)20-10-11-21(18,19)16-9-5-8-15(17)13-6-3-4-7-14(13)16/h3-4,6-7,12,15,17H,5,8-11H2,1-2H3. The molecule has 0 bridgehead atoms. The van der Waals surface area contributed by atoms with E-state index in [1.807, 2.05) is 19.9 Å². The Morgan fingerprint density at radius 2 is 2.10 bits per heavy atom. The molecule has 0 amide bonds. The number of para-hydroxylation sites is 1. The van der Waals surface area contributed by atoms with E-state index in [1.54, 1.807) is 18.2 Å². The zero-order chi connectivity index (χ0) is 15.5. The summed E-state index contributed by atoms with van der Waals surface area (Å²) in [6.45, 7) is 4.34. The lowest BCUT2D eigenvalue weighted by Crippen LogP contribution is -2.35. The van der Waals surface area contributed by atoms with Crippen molar-refractivity contribution in [2.45, 2.75) is 38.9 Å². The summed E-state index contributed by atoms with van der Waals surface area (Å²) in [4.78, 5) is 0. The van der Waals surface area contributed by atoms with E-state index >= 15 is 0 Å². The van der Waals surface area contributed by atoms with E-state index in [-0.39, 0.29) is 18.5 Å². The number of aliphatic hydroxyl groups is 1. The van der Waals surface area contributed by atoms with Crippen LogP contribution in [0.15, 0.2) is 24.3 Å². The van der Waals surface area contributed by atoms with Crippen LogP contribution in [0.4, 0.5) is 5.69 Å². The first-order valence-electron chi connectivity index (χ1n) is 7.31. The minimum atomic E-state index is -3.44. The summed E-state index contributed by atoms with van der Waals surface area (Å²) in [7, 11) is -3.44. The van der Waals surface area contributed by atoms with Gasteiger partial charge in [0, 0.05) is 12.1 Å². The van der Waals surface area contributed by atoms with Gasteiger partial charge in [-0.2, -0.15) is 0 Å². The highest BCUT2D eigenvalue weighted by molar-refractivity contribution is 7.92. The van der Waals surface area contributed by atoms with Gasteiger partial charge in [0.15, 0.2) is 0 Å². The summed E-state index contributed by atoms with van der Waals surface area (Å²) in [6.07, 6.45) is 0.623. The van der Waals surface area contributed by atoms with E-state index in [1.165, 1.54) is 4.31 Å². The Bertz CT molecular complexity index is 571. The fourth-order valence-corrected chi connectivity index (χ4v) is 3.89. The monoisotopic (exact) mass is 313 g/mol. The van der Waals surface area contributed by atoms with E-state index < -0.39 is 16.1 Å². The summed E-state index contributed by atoms with van der Waals surface area (Å²) in [6, 6.07) is 7.16. The molecule has 6 heteroatoms. The number of anilines is 1. The van der Waals surface area contributed by atoms with Crippen molar-refractivity contribution in [2.24, 2.45) is 0 Å². The molecule has 1 aromatic rings. The Balaban J connectivity index is 2.24. The third-order valence-electron chi connectivity index (χ3n) is 3.53. The van der Waals surface area contributed by atoms with Crippen LogP contribution in [0, 0.1) is 0 Å². The van der Waals surface area contributed by atoms with Crippen molar-refractivity contribution in [3.05, 3.63) is 29.8 Å². The number of hydrogen-bond acceptors (Lipinski definition) is 4. The number of benzene rings is 1. The molecular formula is C15H23NO4S. The molecule has 1 heterocycles. The van der Waals surface area contributed by atoms with Crippen molar-refractivity contribution in [3.8, 4) is 0 Å². The number of ether oxygens (including phenoxy) is 1. The van der Waals surface area contributed by atoms with Gasteiger partial charge in [0.2, 0.25) is 10.0 Å². The maximum Gasteiger partial charge on any atom is 0.237 e. The van der Waals surface area contributed by atoms with Crippen LogP contribution >= 0.6 is 0 Å². The quantitative estimate of drug-likeness (QED) is 0.904. The fraction of sp³-hybridized carbons (Fsp3) is 0.600. The second-order valence-electron chi connectivity index (χ2n) is 5.52. The number of aliphatic hydroxyl groups excluding tert-OH is 1. The van der Waals surface area contributed by atoms with Crippen molar-refractivity contribution in [1.29, 1.82) is 0 Å². The zero-order valence-electron chi connectivity index (χ0n) is 12.5. The number of fused-ring (bicyclic) bond motifs is 1. The molecule has 0 saturated carbocycles. The van der Waals surface area contributed by atoms with Gasteiger partial charge in [-0.1, -0.05) is 18.2 Å². The molecule has 0 radical (unpaired) electrons. The number of rotatable bonds is 5. The Morgan fingerprint density at radius 3 is 2.81 bits per heavy atom. The topological polar surface area (TPSA) is 66.8 Å². The SMILES string of the molecule is CC(C)OCCS(=O)(=O)N1CCCC(O)c2ccccc21. The highest BCUT2D eigenvalue weighted by atomic mass is 32.2. The summed E-state index contributed by atoms with van der Waals surface area (Å²) in [5.41, 5.74) is 1.27. The van der Waals surface area contributed by atoms with E-state index in [4.69, 9.17) is 4.74 Å². The number of sulfonamides is 1. The molecule has 0 saturated heterocycles. The number of nitrogens with zero attached hydrogens (tertiary/aromatic N) is 1. The maximum atomic E-state index is 12.6. The van der Waals surface area contributed by atoms with Crippen LogP contribution in [0.1, 0.15) is 38.4 Å². The minimum Gasteiger partial charge on any atom is -0.388 e. The zero-order valence-corrected chi connectivity index (χ0v) is 13.3. The highest BCUT2D eigenvalue weighted by Gasteiger charge is 2.28. The fourth-order valence-electron chi connectivity index (χ4n) is 2.49. The molecule has 5 nitrogen and oxygen atoms in total. The van der Waals surface area contributed by atoms with E-state index in [2.05, 4.69) is 0 Å². The van der Waals surface area contributed by atoms with E-state index in [9.17, 15) is 13.5 Å². The van der Waals surface area contributed by atoms with Gasteiger partial charge in [-0.15, -0.1) is 0 Å². The molecule has 0 spiro atoms. The highest BCUT2D eigenvalue weighted by Crippen LogP contribution is 2.34. The van der Waals surface area contributed by atoms with Crippen LogP contribution in [0.5, 0.6) is 0 Å². The maximum absolute atomic E-state index is 12.6. The second-order valence-corrected chi connectivity index (χ2v) is 7.54. The summed E-state index contributed by atoms with van der Waals surface area (Å²) in [5, 5.41) is 10.1. The van der Waals surface area contributed by atoms with Crippen molar-refractivity contribution in [2.75, 3.05) is 23.2 Å². The molecule has 0 aromatic heterocycles. The largest absolute Gasteiger partial charge is 0.388 e. The van der Waals surface area contributed by atoms with Crippen molar-refractivity contribution in [3.63, 3.8) is 0 Å². The normalized spacial score (nSPS) is 19.4. The van der Waals surface area contributed by atoms with Gasteiger partial charge in [0.25, 0.3) is 0 Å². The van der Waals surface area contributed by atoms with Gasteiger partial charge < -0.3 is 9.84 Å². The Hall–Kier alpha value is -1.11. The van der Waals surface area contributed by atoms with Crippen LogP contribution in [0.25, 0.3) is 0 Å². The summed E-state index contributed by atoms with van der Waals surface area (Å²) < 4.78 is 31.9. The molecule has 1 aliphatic rings. The van der Waals surface area contributed by atoms with Crippen molar-refractivity contribution < 1.29 is 18.3 Å². The third-order valence-corrected chi connectivity index (χ3v) is 5.26. The lowest BCUT2D eigenvalue weighted by molar-refractivity contribution is 0.0912. The van der Waals surface area contributed by atoms with E-state index in [0.29, 0.717) is 30.6 Å². The summed E-state index contributed by atoms with van der Waals surface area (Å²) >= 11 is 0. The number of hydrogen-bond donors (Lipinski definition) is 1. The van der Waals surface area contributed by atoms with Gasteiger partial charge in [0.05, 0.1) is 30.3 Å². The molecule has 0 fully saturated rings.